The largest absolute Gasteiger partial charge is 0.394 e. The third-order valence-corrected chi connectivity index (χ3v) is 1.61. The van der Waals surface area contributed by atoms with Crippen LogP contribution in [0.4, 0.5) is 19.0 Å². The topological polar surface area (TPSA) is 37.8 Å². The summed E-state index contributed by atoms with van der Waals surface area (Å²) in [5, 5.41) is 2.99. The maximum atomic E-state index is 12.1. The second-order valence-electron chi connectivity index (χ2n) is 4.56. The zero-order valence-electron chi connectivity index (χ0n) is 9.39. The highest BCUT2D eigenvalue weighted by Gasteiger charge is 2.28. The Morgan fingerprint density at radius 2 is 1.81 bits per heavy atom. The van der Waals surface area contributed by atoms with Crippen LogP contribution in [-0.2, 0) is 6.42 Å². The molecule has 0 aliphatic rings. The molecule has 1 rings (SSSR count). The lowest BCUT2D eigenvalue weighted by Crippen LogP contribution is -2.27. The molecule has 3 nitrogen and oxygen atoms in total. The highest BCUT2D eigenvalue weighted by molar-refractivity contribution is 5.37. The fourth-order valence-corrected chi connectivity index (χ4v) is 1.15. The molecule has 0 amide bonds. The first-order valence-electron chi connectivity index (χ1n) is 4.82. The van der Waals surface area contributed by atoms with Crippen LogP contribution in [0, 0.1) is 0 Å². The molecule has 0 spiro atoms. The van der Waals surface area contributed by atoms with Crippen LogP contribution in [0.2, 0.25) is 0 Å². The molecule has 0 radical (unpaired) electrons. The van der Waals surface area contributed by atoms with Crippen molar-refractivity contribution in [3.05, 3.63) is 18.1 Å². The number of rotatable bonds is 2. The molecule has 1 aromatic rings. The Bertz CT molecular complexity index is 324. The number of hydrogen-bond acceptors (Lipinski definition) is 3. The van der Waals surface area contributed by atoms with Gasteiger partial charge in [0.25, 0.3) is 0 Å². The molecular weight excluding hydrogens is 219 g/mol. The van der Waals surface area contributed by atoms with Gasteiger partial charge in [0.15, 0.2) is 0 Å². The van der Waals surface area contributed by atoms with Crippen molar-refractivity contribution in [3.63, 3.8) is 0 Å². The van der Waals surface area contributed by atoms with Crippen molar-refractivity contribution in [1.29, 1.82) is 0 Å². The quantitative estimate of drug-likeness (QED) is 0.853. The van der Waals surface area contributed by atoms with E-state index >= 15 is 0 Å². The Balaban J connectivity index is 2.79. The molecule has 0 unspecified atom stereocenters. The van der Waals surface area contributed by atoms with Crippen molar-refractivity contribution in [1.82, 2.24) is 9.97 Å². The molecule has 0 atom stereocenters. The molecule has 1 heterocycles. The van der Waals surface area contributed by atoms with Crippen molar-refractivity contribution >= 4 is 5.82 Å². The van der Waals surface area contributed by atoms with Gasteiger partial charge in [0.2, 0.25) is 0 Å². The lowest BCUT2D eigenvalue weighted by molar-refractivity contribution is -0.127. The number of nitrogens with one attached hydrogen (secondary N) is 1. The van der Waals surface area contributed by atoms with Gasteiger partial charge in [-0.25, -0.2) is 9.97 Å². The first kappa shape index (κ1) is 12.7. The third kappa shape index (κ3) is 4.95. The minimum Gasteiger partial charge on any atom is -0.365 e. The van der Waals surface area contributed by atoms with E-state index in [2.05, 4.69) is 15.3 Å². The molecule has 1 aromatic heterocycles. The minimum atomic E-state index is -4.24. The number of alkyl halides is 3. The van der Waals surface area contributed by atoms with E-state index in [4.69, 9.17) is 0 Å². The highest BCUT2D eigenvalue weighted by Crippen LogP contribution is 2.21. The van der Waals surface area contributed by atoms with Crippen LogP contribution in [0.5, 0.6) is 0 Å². The Morgan fingerprint density at radius 3 is 2.31 bits per heavy atom. The summed E-state index contributed by atoms with van der Waals surface area (Å²) in [7, 11) is 0. The predicted molar refractivity (Wildman–Crippen MR) is 55.2 cm³/mol. The summed E-state index contributed by atoms with van der Waals surface area (Å²) in [6.07, 6.45) is -4.14. The zero-order chi connectivity index (χ0) is 12.4. The summed E-state index contributed by atoms with van der Waals surface area (Å²) in [4.78, 5) is 7.45. The molecule has 0 aliphatic carbocycles. The summed E-state index contributed by atoms with van der Waals surface area (Å²) in [6.45, 7) is 5.70. The van der Waals surface area contributed by atoms with E-state index < -0.39 is 12.6 Å². The van der Waals surface area contributed by atoms with Crippen LogP contribution in [-0.4, -0.2) is 21.7 Å². The summed E-state index contributed by atoms with van der Waals surface area (Å²) < 4.78 is 36.4. The fraction of sp³-hybridized carbons (Fsp3) is 0.600. The van der Waals surface area contributed by atoms with E-state index in [1.165, 1.54) is 6.07 Å². The zero-order valence-corrected chi connectivity index (χ0v) is 9.39. The molecular formula is C10H14F3N3. The first-order chi connectivity index (χ1) is 7.16. The average Bonchev–Trinajstić information content (AvgIpc) is 1.96. The first-order valence-corrected chi connectivity index (χ1v) is 4.82. The van der Waals surface area contributed by atoms with E-state index in [0.29, 0.717) is 5.82 Å². The van der Waals surface area contributed by atoms with Gasteiger partial charge < -0.3 is 5.32 Å². The van der Waals surface area contributed by atoms with Crippen LogP contribution >= 0.6 is 0 Å². The van der Waals surface area contributed by atoms with E-state index in [9.17, 15) is 13.2 Å². The summed E-state index contributed by atoms with van der Waals surface area (Å²) in [5.74, 6) is 0.404. The van der Waals surface area contributed by atoms with Gasteiger partial charge in [-0.05, 0) is 20.8 Å². The minimum absolute atomic E-state index is 0.0331. The van der Waals surface area contributed by atoms with Crippen LogP contribution < -0.4 is 5.32 Å². The maximum absolute atomic E-state index is 12.1. The smallest absolute Gasteiger partial charge is 0.365 e. The number of aromatic nitrogens is 2. The van der Waals surface area contributed by atoms with Crippen LogP contribution in [0.15, 0.2) is 12.4 Å². The molecule has 90 valence electrons. The van der Waals surface area contributed by atoms with E-state index in [-0.39, 0.29) is 11.2 Å². The Labute approximate surface area is 92.1 Å². The van der Waals surface area contributed by atoms with Gasteiger partial charge in [-0.1, -0.05) is 0 Å². The van der Waals surface area contributed by atoms with Gasteiger partial charge in [0, 0.05) is 11.6 Å². The SMILES string of the molecule is CC(C)(C)Nc1cc(CC(F)(F)F)ncn1. The van der Waals surface area contributed by atoms with Crippen LogP contribution in [0.25, 0.3) is 0 Å². The molecule has 16 heavy (non-hydrogen) atoms. The number of hydrogen-bond donors (Lipinski definition) is 1. The van der Waals surface area contributed by atoms with E-state index in [0.717, 1.165) is 6.33 Å². The maximum Gasteiger partial charge on any atom is 0.394 e. The van der Waals surface area contributed by atoms with E-state index in [1.54, 1.807) is 0 Å². The molecule has 0 aliphatic heterocycles. The highest BCUT2D eigenvalue weighted by atomic mass is 19.4. The molecule has 0 saturated heterocycles. The van der Waals surface area contributed by atoms with E-state index in [1.807, 2.05) is 20.8 Å². The molecule has 0 fully saturated rings. The van der Waals surface area contributed by atoms with Gasteiger partial charge in [0.1, 0.15) is 12.1 Å². The van der Waals surface area contributed by atoms with Crippen molar-refractivity contribution in [2.24, 2.45) is 0 Å². The van der Waals surface area contributed by atoms with Crippen molar-refractivity contribution in [2.45, 2.75) is 38.9 Å². The second-order valence-corrected chi connectivity index (χ2v) is 4.56. The van der Waals surface area contributed by atoms with Gasteiger partial charge in [-0.15, -0.1) is 0 Å². The molecule has 0 saturated carbocycles. The lowest BCUT2D eigenvalue weighted by Gasteiger charge is -2.21. The molecule has 1 N–H and O–H groups in total. The Morgan fingerprint density at radius 1 is 1.19 bits per heavy atom. The monoisotopic (exact) mass is 233 g/mol. The average molecular weight is 233 g/mol. The summed E-state index contributed by atoms with van der Waals surface area (Å²) in [6, 6.07) is 1.32. The van der Waals surface area contributed by atoms with Crippen molar-refractivity contribution in [3.8, 4) is 0 Å². The predicted octanol–water partition coefficient (Wildman–Crippen LogP) is 2.79. The third-order valence-electron chi connectivity index (χ3n) is 1.61. The van der Waals surface area contributed by atoms with Crippen molar-refractivity contribution < 1.29 is 13.2 Å². The Hall–Kier alpha value is -1.33. The number of nitrogens with zero attached hydrogens (tertiary/aromatic N) is 2. The normalized spacial score (nSPS) is 12.6. The van der Waals surface area contributed by atoms with Gasteiger partial charge >= 0.3 is 6.18 Å². The number of anilines is 1. The molecule has 6 heteroatoms. The summed E-state index contributed by atoms with van der Waals surface area (Å²) in [5.41, 5.74) is -0.279. The standard InChI is InChI=1S/C10H14F3N3/c1-9(2,3)16-8-4-7(14-6-15-8)5-10(11,12)13/h4,6H,5H2,1-3H3,(H,14,15,16). The summed E-state index contributed by atoms with van der Waals surface area (Å²) >= 11 is 0. The molecule has 0 aromatic carbocycles. The Kier molecular flexibility index (Phi) is 3.40. The second kappa shape index (κ2) is 4.27. The fourth-order valence-electron chi connectivity index (χ4n) is 1.15. The molecule has 0 bridgehead atoms. The van der Waals surface area contributed by atoms with Gasteiger partial charge in [-0.3, -0.25) is 0 Å². The van der Waals surface area contributed by atoms with Gasteiger partial charge in [0.05, 0.1) is 12.1 Å². The van der Waals surface area contributed by atoms with Crippen LogP contribution in [0.3, 0.4) is 0 Å². The lowest BCUT2D eigenvalue weighted by atomic mass is 10.1. The van der Waals surface area contributed by atoms with Crippen LogP contribution in [0.1, 0.15) is 26.5 Å². The van der Waals surface area contributed by atoms with Crippen molar-refractivity contribution in [2.75, 3.05) is 5.32 Å². The van der Waals surface area contributed by atoms with Gasteiger partial charge in [-0.2, -0.15) is 13.2 Å². The number of halogens is 3.